The molecule has 1 aromatic carbocycles. The first kappa shape index (κ1) is 17.7. The van der Waals surface area contributed by atoms with Crippen LogP contribution in [0.3, 0.4) is 0 Å². The van der Waals surface area contributed by atoms with Gasteiger partial charge in [0.15, 0.2) is 9.84 Å². The van der Waals surface area contributed by atoms with Crippen LogP contribution in [0.4, 0.5) is 0 Å². The van der Waals surface area contributed by atoms with E-state index in [0.717, 1.165) is 17.0 Å². The largest absolute Gasteiger partial charge is 0.361 e. The van der Waals surface area contributed by atoms with Crippen LogP contribution in [-0.2, 0) is 21.1 Å². The Kier molecular flexibility index (Phi) is 4.94. The SMILES string of the molecule is Cc1noc(C)c1CCC(=O)N1CCC(S(=O)(=O)c2ccccc2)C1. The summed E-state index contributed by atoms with van der Waals surface area (Å²) in [6, 6.07) is 8.44. The molecule has 1 fully saturated rings. The van der Waals surface area contributed by atoms with Crippen LogP contribution in [0, 0.1) is 13.8 Å². The minimum absolute atomic E-state index is 0.0224. The molecule has 2 aromatic rings. The van der Waals surface area contributed by atoms with Crippen molar-refractivity contribution in [3.63, 3.8) is 0 Å². The standard InChI is InChI=1S/C18H22N2O4S/c1-13-17(14(2)24-19-13)8-9-18(21)20-11-10-16(12-20)25(22,23)15-6-4-3-5-7-15/h3-7,16H,8-12H2,1-2H3. The van der Waals surface area contributed by atoms with Gasteiger partial charge in [-0.15, -0.1) is 0 Å². The molecule has 0 spiro atoms. The summed E-state index contributed by atoms with van der Waals surface area (Å²) in [6.45, 7) is 4.43. The van der Waals surface area contributed by atoms with Crippen molar-refractivity contribution >= 4 is 15.7 Å². The molecule has 1 aliphatic rings. The Morgan fingerprint density at radius 3 is 2.64 bits per heavy atom. The number of aromatic nitrogens is 1. The molecule has 0 saturated carbocycles. The lowest BCUT2D eigenvalue weighted by molar-refractivity contribution is -0.130. The quantitative estimate of drug-likeness (QED) is 0.815. The van der Waals surface area contributed by atoms with E-state index in [1.807, 2.05) is 13.8 Å². The van der Waals surface area contributed by atoms with E-state index in [1.54, 1.807) is 35.2 Å². The Balaban J connectivity index is 1.62. The van der Waals surface area contributed by atoms with Gasteiger partial charge in [-0.1, -0.05) is 23.4 Å². The van der Waals surface area contributed by atoms with E-state index < -0.39 is 15.1 Å². The predicted molar refractivity (Wildman–Crippen MR) is 92.9 cm³/mol. The van der Waals surface area contributed by atoms with Crippen molar-refractivity contribution in [2.75, 3.05) is 13.1 Å². The fourth-order valence-corrected chi connectivity index (χ4v) is 4.97. The van der Waals surface area contributed by atoms with Crippen molar-refractivity contribution in [1.29, 1.82) is 0 Å². The number of nitrogens with zero attached hydrogens (tertiary/aromatic N) is 2. The maximum absolute atomic E-state index is 12.7. The number of amides is 1. The topological polar surface area (TPSA) is 80.5 Å². The lowest BCUT2D eigenvalue weighted by atomic mass is 10.1. The normalized spacial score (nSPS) is 17.8. The number of hydrogen-bond donors (Lipinski definition) is 0. The van der Waals surface area contributed by atoms with Gasteiger partial charge < -0.3 is 9.42 Å². The van der Waals surface area contributed by atoms with Crippen LogP contribution >= 0.6 is 0 Å². The first-order valence-electron chi connectivity index (χ1n) is 8.38. The molecule has 0 aliphatic carbocycles. The van der Waals surface area contributed by atoms with Crippen molar-refractivity contribution in [2.45, 2.75) is 43.3 Å². The Hall–Kier alpha value is -2.15. The summed E-state index contributed by atoms with van der Waals surface area (Å²) in [5, 5.41) is 3.36. The summed E-state index contributed by atoms with van der Waals surface area (Å²) in [5.74, 6) is 0.710. The monoisotopic (exact) mass is 362 g/mol. The van der Waals surface area contributed by atoms with E-state index in [-0.39, 0.29) is 12.5 Å². The maximum Gasteiger partial charge on any atom is 0.222 e. The highest BCUT2D eigenvalue weighted by atomic mass is 32.2. The molecule has 0 N–H and O–H groups in total. The molecule has 1 unspecified atom stereocenters. The average molecular weight is 362 g/mol. The first-order chi connectivity index (χ1) is 11.9. The summed E-state index contributed by atoms with van der Waals surface area (Å²) in [4.78, 5) is 14.4. The number of hydrogen-bond acceptors (Lipinski definition) is 5. The molecule has 1 aliphatic heterocycles. The molecule has 134 valence electrons. The fourth-order valence-electron chi connectivity index (χ4n) is 3.26. The van der Waals surface area contributed by atoms with E-state index >= 15 is 0 Å². The Bertz CT molecular complexity index is 839. The summed E-state index contributed by atoms with van der Waals surface area (Å²) in [7, 11) is -3.40. The smallest absolute Gasteiger partial charge is 0.222 e. The van der Waals surface area contributed by atoms with Crippen LogP contribution in [0.5, 0.6) is 0 Å². The molecule has 1 saturated heterocycles. The van der Waals surface area contributed by atoms with Gasteiger partial charge in [0.25, 0.3) is 0 Å². The zero-order valence-electron chi connectivity index (χ0n) is 14.4. The van der Waals surface area contributed by atoms with Crippen molar-refractivity contribution in [3.05, 3.63) is 47.3 Å². The molecule has 6 nitrogen and oxygen atoms in total. The van der Waals surface area contributed by atoms with Gasteiger partial charge in [0.1, 0.15) is 5.76 Å². The molecule has 2 heterocycles. The number of carbonyl (C=O) groups excluding carboxylic acids is 1. The fraction of sp³-hybridized carbons (Fsp3) is 0.444. The van der Waals surface area contributed by atoms with Crippen LogP contribution in [0.2, 0.25) is 0 Å². The second-order valence-corrected chi connectivity index (χ2v) is 8.64. The van der Waals surface area contributed by atoms with Crippen molar-refractivity contribution in [1.82, 2.24) is 10.1 Å². The number of carbonyl (C=O) groups is 1. The second-order valence-electron chi connectivity index (χ2n) is 6.41. The highest BCUT2D eigenvalue weighted by Gasteiger charge is 2.35. The second kappa shape index (κ2) is 7.00. The average Bonchev–Trinajstić information content (AvgIpc) is 3.22. The Morgan fingerprint density at radius 1 is 1.28 bits per heavy atom. The van der Waals surface area contributed by atoms with E-state index in [2.05, 4.69) is 5.16 Å². The van der Waals surface area contributed by atoms with Crippen LogP contribution < -0.4 is 0 Å². The molecule has 3 rings (SSSR count). The number of aryl methyl sites for hydroxylation is 2. The third-order valence-corrected chi connectivity index (χ3v) is 6.97. The molecule has 1 aromatic heterocycles. The van der Waals surface area contributed by atoms with Crippen LogP contribution in [-0.4, -0.2) is 42.7 Å². The Morgan fingerprint density at radius 2 is 2.00 bits per heavy atom. The van der Waals surface area contributed by atoms with Gasteiger partial charge >= 0.3 is 0 Å². The molecule has 1 atom stereocenters. The minimum Gasteiger partial charge on any atom is -0.361 e. The van der Waals surface area contributed by atoms with Crippen LogP contribution in [0.25, 0.3) is 0 Å². The number of likely N-dealkylation sites (tertiary alicyclic amines) is 1. The van der Waals surface area contributed by atoms with Crippen molar-refractivity contribution in [3.8, 4) is 0 Å². The molecule has 1 amide bonds. The molecular formula is C18H22N2O4S. The Labute approximate surface area is 147 Å². The summed E-state index contributed by atoms with van der Waals surface area (Å²) >= 11 is 0. The first-order valence-corrected chi connectivity index (χ1v) is 9.92. The molecule has 0 bridgehead atoms. The summed E-state index contributed by atoms with van der Waals surface area (Å²) in [5.41, 5.74) is 1.76. The number of sulfone groups is 1. The lowest BCUT2D eigenvalue weighted by Crippen LogP contribution is -2.32. The van der Waals surface area contributed by atoms with E-state index in [0.29, 0.717) is 30.7 Å². The lowest BCUT2D eigenvalue weighted by Gasteiger charge is -2.17. The third kappa shape index (κ3) is 3.61. The van der Waals surface area contributed by atoms with Gasteiger partial charge in [0.2, 0.25) is 5.91 Å². The molecule has 7 heteroatoms. The van der Waals surface area contributed by atoms with Crippen molar-refractivity contribution < 1.29 is 17.7 Å². The third-order valence-electron chi connectivity index (χ3n) is 4.78. The minimum atomic E-state index is -3.40. The molecular weight excluding hydrogens is 340 g/mol. The maximum atomic E-state index is 12.7. The van der Waals surface area contributed by atoms with Gasteiger partial charge in [0.05, 0.1) is 15.8 Å². The number of rotatable bonds is 5. The van der Waals surface area contributed by atoms with Gasteiger partial charge in [-0.3, -0.25) is 4.79 Å². The predicted octanol–water partition coefficient (Wildman–Crippen LogP) is 2.30. The highest BCUT2D eigenvalue weighted by Crippen LogP contribution is 2.24. The summed E-state index contributed by atoms with van der Waals surface area (Å²) in [6.07, 6.45) is 1.38. The molecule has 25 heavy (non-hydrogen) atoms. The van der Waals surface area contributed by atoms with E-state index in [4.69, 9.17) is 4.52 Å². The van der Waals surface area contributed by atoms with Gasteiger partial charge in [0, 0.05) is 25.1 Å². The molecule has 0 radical (unpaired) electrons. The highest BCUT2D eigenvalue weighted by molar-refractivity contribution is 7.92. The van der Waals surface area contributed by atoms with E-state index in [1.165, 1.54) is 0 Å². The number of benzene rings is 1. The van der Waals surface area contributed by atoms with Gasteiger partial charge in [-0.25, -0.2) is 8.42 Å². The van der Waals surface area contributed by atoms with Crippen molar-refractivity contribution in [2.24, 2.45) is 0 Å². The van der Waals surface area contributed by atoms with Crippen LogP contribution in [0.1, 0.15) is 29.9 Å². The zero-order chi connectivity index (χ0) is 18.0. The van der Waals surface area contributed by atoms with Gasteiger partial charge in [-0.05, 0) is 38.8 Å². The summed E-state index contributed by atoms with van der Waals surface area (Å²) < 4.78 is 30.5. The van der Waals surface area contributed by atoms with Gasteiger partial charge in [-0.2, -0.15) is 0 Å². The van der Waals surface area contributed by atoms with E-state index in [9.17, 15) is 13.2 Å². The zero-order valence-corrected chi connectivity index (χ0v) is 15.3. The van der Waals surface area contributed by atoms with Crippen LogP contribution in [0.15, 0.2) is 39.8 Å².